The maximum absolute atomic E-state index is 13.5. The molecule has 0 aromatic heterocycles. The fourth-order valence-corrected chi connectivity index (χ4v) is 2.05. The van der Waals surface area contributed by atoms with Crippen LogP contribution >= 0.6 is 0 Å². The van der Waals surface area contributed by atoms with Gasteiger partial charge in [0.1, 0.15) is 5.82 Å². The molecule has 2 rings (SSSR count). The Balaban J connectivity index is 2.06. The third kappa shape index (κ3) is 2.60. The summed E-state index contributed by atoms with van der Waals surface area (Å²) < 4.78 is 13.5. The van der Waals surface area contributed by atoms with Gasteiger partial charge in [-0.2, -0.15) is 0 Å². The summed E-state index contributed by atoms with van der Waals surface area (Å²) in [6.45, 7) is 2.03. The molecule has 0 bridgehead atoms. The number of aliphatic hydroxyl groups is 1. The molecule has 1 saturated carbocycles. The Labute approximate surface area is 95.5 Å². The lowest BCUT2D eigenvalue weighted by Gasteiger charge is -2.22. The second-order valence-corrected chi connectivity index (χ2v) is 4.55. The Bertz CT molecular complexity index is 352. The molecule has 0 saturated heterocycles. The zero-order valence-corrected chi connectivity index (χ0v) is 9.49. The fraction of sp³-hybridized carbons (Fsp3) is 0.538. The molecule has 0 amide bonds. The number of benzene rings is 1. The quantitative estimate of drug-likeness (QED) is 0.802. The standard InChI is InChI=1S/C13H18FNO/c1-9(10-6-7-10)15-13(8-16)11-4-2-3-5-12(11)14/h2-5,9-10,13,15-16H,6-8H2,1H3. The number of hydrogen-bond donors (Lipinski definition) is 2. The lowest BCUT2D eigenvalue weighted by Crippen LogP contribution is -2.34. The number of nitrogens with one attached hydrogen (secondary N) is 1. The highest BCUT2D eigenvalue weighted by atomic mass is 19.1. The first-order chi connectivity index (χ1) is 7.72. The minimum absolute atomic E-state index is 0.0714. The van der Waals surface area contributed by atoms with Gasteiger partial charge in [-0.1, -0.05) is 18.2 Å². The van der Waals surface area contributed by atoms with Gasteiger partial charge in [-0.3, -0.25) is 0 Å². The summed E-state index contributed by atoms with van der Waals surface area (Å²) >= 11 is 0. The van der Waals surface area contributed by atoms with Crippen LogP contribution in [0.4, 0.5) is 4.39 Å². The summed E-state index contributed by atoms with van der Waals surface area (Å²) in [6, 6.07) is 6.67. The number of rotatable bonds is 5. The van der Waals surface area contributed by atoms with E-state index in [-0.39, 0.29) is 18.5 Å². The molecule has 2 N–H and O–H groups in total. The predicted molar refractivity (Wildman–Crippen MR) is 61.5 cm³/mol. The first-order valence-electron chi connectivity index (χ1n) is 5.83. The van der Waals surface area contributed by atoms with Gasteiger partial charge in [-0.15, -0.1) is 0 Å². The third-order valence-electron chi connectivity index (χ3n) is 3.26. The summed E-state index contributed by atoms with van der Waals surface area (Å²) in [4.78, 5) is 0. The van der Waals surface area contributed by atoms with Crippen molar-refractivity contribution in [3.05, 3.63) is 35.6 Å². The first kappa shape index (κ1) is 11.6. The van der Waals surface area contributed by atoms with Crippen molar-refractivity contribution in [3.8, 4) is 0 Å². The average Bonchev–Trinajstić information content (AvgIpc) is 3.10. The zero-order valence-electron chi connectivity index (χ0n) is 9.49. The van der Waals surface area contributed by atoms with Gasteiger partial charge < -0.3 is 10.4 Å². The van der Waals surface area contributed by atoms with Gasteiger partial charge in [0.15, 0.2) is 0 Å². The van der Waals surface area contributed by atoms with Crippen LogP contribution in [-0.2, 0) is 0 Å². The van der Waals surface area contributed by atoms with Crippen molar-refractivity contribution in [1.82, 2.24) is 5.32 Å². The smallest absolute Gasteiger partial charge is 0.128 e. The van der Waals surface area contributed by atoms with Crippen molar-refractivity contribution < 1.29 is 9.50 Å². The van der Waals surface area contributed by atoms with Crippen molar-refractivity contribution in [2.45, 2.75) is 31.8 Å². The molecule has 1 aromatic carbocycles. The zero-order chi connectivity index (χ0) is 11.5. The van der Waals surface area contributed by atoms with E-state index in [1.54, 1.807) is 18.2 Å². The van der Waals surface area contributed by atoms with E-state index in [1.165, 1.54) is 18.9 Å². The van der Waals surface area contributed by atoms with Crippen molar-refractivity contribution in [2.24, 2.45) is 5.92 Å². The van der Waals surface area contributed by atoms with E-state index in [0.29, 0.717) is 17.5 Å². The van der Waals surface area contributed by atoms with Crippen LogP contribution in [-0.4, -0.2) is 17.8 Å². The van der Waals surface area contributed by atoms with Crippen LogP contribution in [0.3, 0.4) is 0 Å². The molecule has 2 nitrogen and oxygen atoms in total. The van der Waals surface area contributed by atoms with Crippen LogP contribution in [0.2, 0.25) is 0 Å². The number of halogens is 1. The molecule has 1 aromatic rings. The van der Waals surface area contributed by atoms with Gasteiger partial charge in [0, 0.05) is 11.6 Å². The largest absolute Gasteiger partial charge is 0.394 e. The molecule has 3 heteroatoms. The van der Waals surface area contributed by atoms with Crippen molar-refractivity contribution in [1.29, 1.82) is 0 Å². The SMILES string of the molecule is CC(NC(CO)c1ccccc1F)C1CC1. The second-order valence-electron chi connectivity index (χ2n) is 4.55. The number of aliphatic hydroxyl groups excluding tert-OH is 1. The average molecular weight is 223 g/mol. The summed E-state index contributed by atoms with van der Waals surface area (Å²) in [5.41, 5.74) is 0.553. The minimum atomic E-state index is -0.295. The maximum atomic E-state index is 13.5. The molecule has 1 aliphatic rings. The molecule has 0 radical (unpaired) electrons. The van der Waals surface area contributed by atoms with Crippen LogP contribution in [0.1, 0.15) is 31.4 Å². The van der Waals surface area contributed by atoms with E-state index in [2.05, 4.69) is 12.2 Å². The van der Waals surface area contributed by atoms with Gasteiger partial charge >= 0.3 is 0 Å². The Morgan fingerprint density at radius 2 is 2.12 bits per heavy atom. The van der Waals surface area contributed by atoms with Crippen LogP contribution in [0, 0.1) is 11.7 Å². The van der Waals surface area contributed by atoms with Gasteiger partial charge in [-0.05, 0) is 31.7 Å². The maximum Gasteiger partial charge on any atom is 0.128 e. The van der Waals surface area contributed by atoms with Gasteiger partial charge in [0.05, 0.1) is 12.6 Å². The molecule has 2 unspecified atom stereocenters. The van der Waals surface area contributed by atoms with Gasteiger partial charge in [0.2, 0.25) is 0 Å². The highest BCUT2D eigenvalue weighted by molar-refractivity contribution is 5.21. The first-order valence-corrected chi connectivity index (χ1v) is 5.83. The molecule has 2 atom stereocenters. The van der Waals surface area contributed by atoms with Crippen LogP contribution in [0.25, 0.3) is 0 Å². The Morgan fingerprint density at radius 1 is 1.44 bits per heavy atom. The van der Waals surface area contributed by atoms with E-state index in [0.717, 1.165) is 0 Å². The van der Waals surface area contributed by atoms with Crippen LogP contribution < -0.4 is 5.32 Å². The lowest BCUT2D eigenvalue weighted by atomic mass is 10.1. The molecule has 0 heterocycles. The highest BCUT2D eigenvalue weighted by Gasteiger charge is 2.29. The van der Waals surface area contributed by atoms with Crippen molar-refractivity contribution in [3.63, 3.8) is 0 Å². The number of hydrogen-bond acceptors (Lipinski definition) is 2. The molecule has 0 spiro atoms. The molecule has 16 heavy (non-hydrogen) atoms. The summed E-state index contributed by atoms with van der Waals surface area (Å²) in [5.74, 6) is 0.442. The van der Waals surface area contributed by atoms with Crippen LogP contribution in [0.15, 0.2) is 24.3 Å². The Kier molecular flexibility index (Phi) is 3.56. The molecule has 1 fully saturated rings. The summed E-state index contributed by atoms with van der Waals surface area (Å²) in [5, 5.41) is 12.6. The van der Waals surface area contributed by atoms with E-state index < -0.39 is 0 Å². The van der Waals surface area contributed by atoms with Gasteiger partial charge in [-0.25, -0.2) is 4.39 Å². The van der Waals surface area contributed by atoms with Crippen molar-refractivity contribution >= 4 is 0 Å². The molecular weight excluding hydrogens is 205 g/mol. The topological polar surface area (TPSA) is 32.3 Å². The summed E-state index contributed by atoms with van der Waals surface area (Å²) in [7, 11) is 0. The molecule has 88 valence electrons. The lowest BCUT2D eigenvalue weighted by molar-refractivity contribution is 0.228. The fourth-order valence-electron chi connectivity index (χ4n) is 2.05. The Morgan fingerprint density at radius 3 is 2.69 bits per heavy atom. The molecule has 1 aliphatic carbocycles. The normalized spacial score (nSPS) is 19.4. The summed E-state index contributed by atoms with van der Waals surface area (Å²) in [6.07, 6.45) is 2.48. The minimum Gasteiger partial charge on any atom is -0.394 e. The van der Waals surface area contributed by atoms with Gasteiger partial charge in [0.25, 0.3) is 0 Å². The monoisotopic (exact) mass is 223 g/mol. The molecule has 0 aliphatic heterocycles. The molecular formula is C13H18FNO. The van der Waals surface area contributed by atoms with E-state index in [9.17, 15) is 9.50 Å². The van der Waals surface area contributed by atoms with E-state index in [4.69, 9.17) is 0 Å². The second kappa shape index (κ2) is 4.93. The van der Waals surface area contributed by atoms with Crippen molar-refractivity contribution in [2.75, 3.05) is 6.61 Å². The van der Waals surface area contributed by atoms with E-state index >= 15 is 0 Å². The Hall–Kier alpha value is -0.930. The predicted octanol–water partition coefficient (Wildman–Crippen LogP) is 2.25. The van der Waals surface area contributed by atoms with Crippen LogP contribution in [0.5, 0.6) is 0 Å². The van der Waals surface area contributed by atoms with E-state index in [1.807, 2.05) is 0 Å². The third-order valence-corrected chi connectivity index (χ3v) is 3.26. The highest BCUT2D eigenvalue weighted by Crippen LogP contribution is 2.33.